The fourth-order valence-electron chi connectivity index (χ4n) is 7.25. The Bertz CT molecular complexity index is 694. The molecule has 0 aromatic heterocycles. The fraction of sp³-hybridized carbons (Fsp3) is 0.862. The Balaban J connectivity index is 1.62. The summed E-state index contributed by atoms with van der Waals surface area (Å²) in [6.45, 7) is 9.17. The van der Waals surface area contributed by atoms with Crippen molar-refractivity contribution in [3.8, 4) is 0 Å². The first-order valence-electron chi connectivity index (χ1n) is 13.7. The van der Waals surface area contributed by atoms with E-state index in [1.54, 1.807) is 5.57 Å². The van der Waals surface area contributed by atoms with Crippen LogP contribution in [0.25, 0.3) is 0 Å². The Morgan fingerprint density at radius 1 is 1.12 bits per heavy atom. The van der Waals surface area contributed by atoms with Gasteiger partial charge in [-0.3, -0.25) is 0 Å². The second-order valence-corrected chi connectivity index (χ2v) is 12.3. The van der Waals surface area contributed by atoms with Gasteiger partial charge in [-0.15, -0.1) is 0 Å². The lowest BCUT2D eigenvalue weighted by Crippen LogP contribution is -2.44. The van der Waals surface area contributed by atoms with E-state index in [1.807, 2.05) is 13.8 Å². The number of fused-ring (bicyclic) bond motifs is 1. The van der Waals surface area contributed by atoms with Gasteiger partial charge in [0.2, 0.25) is 0 Å². The third-order valence-corrected chi connectivity index (χ3v) is 9.02. The highest BCUT2D eigenvalue weighted by Gasteiger charge is 2.50. The van der Waals surface area contributed by atoms with Crippen LogP contribution in [-0.4, -0.2) is 57.6 Å². The normalized spacial score (nSPS) is 36.5. The zero-order valence-electron chi connectivity index (χ0n) is 22.0. The van der Waals surface area contributed by atoms with Gasteiger partial charge in [0.1, 0.15) is 6.10 Å². The van der Waals surface area contributed by atoms with Gasteiger partial charge in [0.05, 0.1) is 17.8 Å². The highest BCUT2D eigenvalue weighted by molar-refractivity contribution is 5.26. The summed E-state index contributed by atoms with van der Waals surface area (Å²) in [5.41, 5.74) is 2.43. The summed E-state index contributed by atoms with van der Waals surface area (Å²) in [6.07, 6.45) is 13.5. The predicted molar refractivity (Wildman–Crippen MR) is 136 cm³/mol. The minimum absolute atomic E-state index is 0.0538. The van der Waals surface area contributed by atoms with Crippen LogP contribution in [0.1, 0.15) is 98.3 Å². The van der Waals surface area contributed by atoms with Gasteiger partial charge in [-0.2, -0.15) is 0 Å². The molecule has 3 aliphatic rings. The molecule has 0 aliphatic heterocycles. The van der Waals surface area contributed by atoms with Gasteiger partial charge in [-0.1, -0.05) is 50.0 Å². The summed E-state index contributed by atoms with van der Waals surface area (Å²) >= 11 is 0. The van der Waals surface area contributed by atoms with Crippen molar-refractivity contribution in [2.45, 2.75) is 122 Å². The van der Waals surface area contributed by atoms with Crippen LogP contribution in [0.5, 0.6) is 0 Å². The number of hydrogen-bond acceptors (Lipinski definition) is 5. The molecule has 6 atom stereocenters. The molecule has 5 nitrogen and oxygen atoms in total. The molecule has 0 radical (unpaired) electrons. The van der Waals surface area contributed by atoms with Crippen LogP contribution in [0.15, 0.2) is 23.3 Å². The van der Waals surface area contributed by atoms with E-state index < -0.39 is 23.9 Å². The highest BCUT2D eigenvalue weighted by atomic mass is 16.5. The van der Waals surface area contributed by atoms with Crippen LogP contribution in [0.2, 0.25) is 0 Å². The van der Waals surface area contributed by atoms with Crippen molar-refractivity contribution in [3.63, 3.8) is 0 Å². The van der Waals surface area contributed by atoms with Crippen molar-refractivity contribution in [1.29, 1.82) is 0 Å². The Hall–Kier alpha value is -0.720. The monoisotopic (exact) mass is 478 g/mol. The van der Waals surface area contributed by atoms with Crippen molar-refractivity contribution in [1.82, 2.24) is 0 Å². The van der Waals surface area contributed by atoms with Gasteiger partial charge in [-0.05, 0) is 94.8 Å². The van der Waals surface area contributed by atoms with Crippen LogP contribution in [0, 0.1) is 23.2 Å². The van der Waals surface area contributed by atoms with Gasteiger partial charge in [0, 0.05) is 13.2 Å². The van der Waals surface area contributed by atoms with E-state index in [0.29, 0.717) is 43.1 Å². The van der Waals surface area contributed by atoms with E-state index in [0.717, 1.165) is 30.8 Å². The van der Waals surface area contributed by atoms with Gasteiger partial charge in [-0.25, -0.2) is 0 Å². The summed E-state index contributed by atoms with van der Waals surface area (Å²) in [5.74, 6) is 2.06. The molecule has 0 saturated heterocycles. The van der Waals surface area contributed by atoms with E-state index in [2.05, 4.69) is 26.0 Å². The first-order chi connectivity index (χ1) is 16.0. The van der Waals surface area contributed by atoms with Crippen LogP contribution >= 0.6 is 0 Å². The molecule has 3 saturated carbocycles. The summed E-state index contributed by atoms with van der Waals surface area (Å²) < 4.78 is 5.62. The molecule has 196 valence electrons. The molecule has 0 spiro atoms. The van der Waals surface area contributed by atoms with Gasteiger partial charge >= 0.3 is 0 Å². The number of ether oxygens (including phenoxy) is 1. The summed E-state index contributed by atoms with van der Waals surface area (Å²) in [6, 6.07) is 0. The van der Waals surface area contributed by atoms with E-state index in [-0.39, 0.29) is 6.61 Å². The highest BCUT2D eigenvalue weighted by Crippen LogP contribution is 2.60. The van der Waals surface area contributed by atoms with Crippen molar-refractivity contribution < 1.29 is 25.2 Å². The van der Waals surface area contributed by atoms with Crippen LogP contribution in [-0.2, 0) is 4.74 Å². The summed E-state index contributed by atoms with van der Waals surface area (Å²) in [5, 5.41) is 40.1. The molecular weight excluding hydrogens is 428 g/mol. The third-order valence-electron chi connectivity index (χ3n) is 9.02. The van der Waals surface area contributed by atoms with Crippen molar-refractivity contribution in [2.24, 2.45) is 23.2 Å². The lowest BCUT2D eigenvalue weighted by atomic mass is 9.60. The average molecular weight is 479 g/mol. The number of hydrogen-bond donors (Lipinski definition) is 4. The predicted octanol–water partition coefficient (Wildman–Crippen LogP) is 4.92. The molecule has 3 fully saturated rings. The maximum atomic E-state index is 10.5. The minimum atomic E-state index is -0.704. The van der Waals surface area contributed by atoms with E-state index in [4.69, 9.17) is 9.84 Å². The smallest absolute Gasteiger partial charge is 0.110 e. The molecule has 0 amide bonds. The summed E-state index contributed by atoms with van der Waals surface area (Å²) in [4.78, 5) is 0. The van der Waals surface area contributed by atoms with E-state index in [9.17, 15) is 15.3 Å². The third kappa shape index (κ3) is 6.94. The minimum Gasteiger partial charge on any atom is -0.396 e. The summed E-state index contributed by atoms with van der Waals surface area (Å²) in [7, 11) is 0. The van der Waals surface area contributed by atoms with Crippen LogP contribution in [0.4, 0.5) is 0 Å². The average Bonchev–Trinajstić information content (AvgIpc) is 3.11. The van der Waals surface area contributed by atoms with Crippen LogP contribution < -0.4 is 0 Å². The molecule has 5 heteroatoms. The van der Waals surface area contributed by atoms with Crippen LogP contribution in [0.3, 0.4) is 0 Å². The molecule has 0 aromatic carbocycles. The Morgan fingerprint density at radius 2 is 1.82 bits per heavy atom. The maximum Gasteiger partial charge on any atom is 0.110 e. The molecule has 4 N–H and O–H groups in total. The van der Waals surface area contributed by atoms with Crippen molar-refractivity contribution in [2.75, 3.05) is 13.2 Å². The largest absolute Gasteiger partial charge is 0.396 e. The Kier molecular flexibility index (Phi) is 9.84. The SMILES string of the molecule is C[C@H](CCCC(C)(C)O)[C@H]1CC[C@@H]2/C(=C/C=C3C[C@@H](O)C(OCCCO)[C@H](O)C3)CCC[C@@]21C. The second-order valence-electron chi connectivity index (χ2n) is 12.3. The zero-order chi connectivity index (χ0) is 24.9. The lowest BCUT2D eigenvalue weighted by molar-refractivity contribution is -0.111. The quantitative estimate of drug-likeness (QED) is 0.335. The van der Waals surface area contributed by atoms with Gasteiger partial charge in [0.25, 0.3) is 0 Å². The Morgan fingerprint density at radius 3 is 2.47 bits per heavy atom. The van der Waals surface area contributed by atoms with E-state index in [1.165, 1.54) is 32.1 Å². The van der Waals surface area contributed by atoms with Gasteiger partial charge < -0.3 is 25.2 Å². The molecular formula is C29H50O5. The molecule has 3 aliphatic carbocycles. The molecule has 0 heterocycles. The number of rotatable bonds is 10. The fourth-order valence-corrected chi connectivity index (χ4v) is 7.25. The molecule has 0 bridgehead atoms. The maximum absolute atomic E-state index is 10.5. The van der Waals surface area contributed by atoms with Crippen molar-refractivity contribution in [3.05, 3.63) is 23.3 Å². The molecule has 3 rings (SSSR count). The standard InChI is InChI=1S/C29H50O5/c1-20(8-5-14-28(2,3)33)23-12-13-24-22(9-6-15-29(23,24)4)11-10-21-18-25(31)27(26(32)19-21)34-17-7-16-30/h10-11,20,23-27,30-33H,5-9,12-19H2,1-4H3/b21-10?,22-11+/t20-,23-,24-,25-,26-,27?,29-/m1/s1. The van der Waals surface area contributed by atoms with Gasteiger partial charge in [0.15, 0.2) is 0 Å². The first kappa shape index (κ1) is 27.9. The Labute approximate surface area is 207 Å². The number of aliphatic hydroxyl groups excluding tert-OH is 3. The van der Waals surface area contributed by atoms with Crippen molar-refractivity contribution >= 4 is 0 Å². The molecule has 0 aromatic rings. The first-order valence-corrected chi connectivity index (χ1v) is 13.7. The molecule has 34 heavy (non-hydrogen) atoms. The zero-order valence-corrected chi connectivity index (χ0v) is 22.0. The van der Waals surface area contributed by atoms with E-state index >= 15 is 0 Å². The lowest BCUT2D eigenvalue weighted by Gasteiger charge is -2.44. The number of aliphatic hydroxyl groups is 4. The topological polar surface area (TPSA) is 90.2 Å². The second kappa shape index (κ2) is 12.0. The number of allylic oxidation sites excluding steroid dienone is 3. The molecule has 0 unspecified atom stereocenters.